The van der Waals surface area contributed by atoms with E-state index >= 15 is 0 Å². The molecule has 140 valence electrons. The number of carboxylic acid groups (broad SMARTS) is 1. The number of methoxy groups -OCH3 is 2. The first-order valence-corrected chi connectivity index (χ1v) is 8.49. The van der Waals surface area contributed by atoms with Crippen LogP contribution in [-0.4, -0.2) is 73.1 Å². The quantitative estimate of drug-likeness (QED) is 0.829. The smallest absolute Gasteiger partial charge is 0.307 e. The fourth-order valence-electron chi connectivity index (χ4n) is 3.26. The molecule has 8 nitrogen and oxygen atoms in total. The van der Waals surface area contributed by atoms with Gasteiger partial charge >= 0.3 is 5.97 Å². The molecule has 0 bridgehead atoms. The van der Waals surface area contributed by atoms with E-state index in [9.17, 15) is 14.4 Å². The number of rotatable bonds is 5. The molecule has 1 aromatic rings. The van der Waals surface area contributed by atoms with E-state index < -0.39 is 17.8 Å². The van der Waals surface area contributed by atoms with Crippen LogP contribution in [0.2, 0.25) is 0 Å². The molecule has 2 amide bonds. The van der Waals surface area contributed by atoms with Crippen molar-refractivity contribution in [2.45, 2.75) is 6.42 Å². The van der Waals surface area contributed by atoms with Crippen molar-refractivity contribution in [2.24, 2.45) is 11.8 Å². The summed E-state index contributed by atoms with van der Waals surface area (Å²) in [5.41, 5.74) is 0.496. The summed E-state index contributed by atoms with van der Waals surface area (Å²) in [6, 6.07) is 5.01. The Labute approximate surface area is 151 Å². The molecule has 3 rings (SSSR count). The third-order valence-electron chi connectivity index (χ3n) is 4.93. The predicted octanol–water partition coefficient (Wildman–Crippen LogP) is 0.709. The molecule has 1 N–H and O–H groups in total. The van der Waals surface area contributed by atoms with Crippen LogP contribution in [0.1, 0.15) is 16.8 Å². The van der Waals surface area contributed by atoms with Crippen LogP contribution in [0.25, 0.3) is 0 Å². The topological polar surface area (TPSA) is 96.4 Å². The van der Waals surface area contributed by atoms with Gasteiger partial charge in [0.25, 0.3) is 5.91 Å². The van der Waals surface area contributed by atoms with Gasteiger partial charge in [-0.2, -0.15) is 0 Å². The molecule has 1 saturated heterocycles. The molecule has 2 fully saturated rings. The molecule has 1 saturated carbocycles. The first-order valence-electron chi connectivity index (χ1n) is 8.49. The first kappa shape index (κ1) is 18.0. The Balaban J connectivity index is 1.59. The number of nitrogens with zero attached hydrogens (tertiary/aromatic N) is 2. The van der Waals surface area contributed by atoms with Crippen molar-refractivity contribution in [1.82, 2.24) is 9.80 Å². The Hall–Kier alpha value is -2.77. The van der Waals surface area contributed by atoms with E-state index in [4.69, 9.17) is 14.6 Å². The normalized spacial score (nSPS) is 21.9. The Morgan fingerprint density at radius 3 is 2.12 bits per heavy atom. The van der Waals surface area contributed by atoms with Crippen molar-refractivity contribution in [3.63, 3.8) is 0 Å². The van der Waals surface area contributed by atoms with Gasteiger partial charge in [0, 0.05) is 31.7 Å². The van der Waals surface area contributed by atoms with Crippen molar-refractivity contribution in [3.8, 4) is 11.5 Å². The number of amides is 2. The molecule has 2 aliphatic rings. The maximum atomic E-state index is 12.7. The molecule has 2 atom stereocenters. The highest BCUT2D eigenvalue weighted by Gasteiger charge is 2.50. The van der Waals surface area contributed by atoms with Crippen LogP contribution in [-0.2, 0) is 9.59 Å². The Morgan fingerprint density at radius 1 is 0.962 bits per heavy atom. The number of piperazine rings is 1. The zero-order chi connectivity index (χ0) is 18.8. The number of hydrogen-bond acceptors (Lipinski definition) is 5. The molecule has 1 heterocycles. The fourth-order valence-corrected chi connectivity index (χ4v) is 3.26. The monoisotopic (exact) mass is 362 g/mol. The lowest BCUT2D eigenvalue weighted by Crippen LogP contribution is -2.51. The van der Waals surface area contributed by atoms with E-state index in [1.165, 1.54) is 14.2 Å². The summed E-state index contributed by atoms with van der Waals surface area (Å²) in [6.45, 7) is 1.67. The minimum atomic E-state index is -0.911. The zero-order valence-electron chi connectivity index (χ0n) is 14.8. The van der Waals surface area contributed by atoms with Gasteiger partial charge in [-0.15, -0.1) is 0 Å². The van der Waals surface area contributed by atoms with Crippen LogP contribution < -0.4 is 9.47 Å². The van der Waals surface area contributed by atoms with Crippen LogP contribution in [0.15, 0.2) is 18.2 Å². The molecule has 26 heavy (non-hydrogen) atoms. The van der Waals surface area contributed by atoms with Gasteiger partial charge < -0.3 is 24.4 Å². The molecule has 1 aromatic carbocycles. The summed E-state index contributed by atoms with van der Waals surface area (Å²) in [4.78, 5) is 39.2. The number of ether oxygens (including phenoxy) is 2. The van der Waals surface area contributed by atoms with Gasteiger partial charge in [-0.3, -0.25) is 14.4 Å². The number of carbonyl (C=O) groups is 3. The van der Waals surface area contributed by atoms with Crippen molar-refractivity contribution >= 4 is 17.8 Å². The maximum absolute atomic E-state index is 12.7. The fraction of sp³-hybridized carbons (Fsp3) is 0.500. The van der Waals surface area contributed by atoms with Crippen LogP contribution >= 0.6 is 0 Å². The summed E-state index contributed by atoms with van der Waals surface area (Å²) in [5, 5.41) is 8.95. The van der Waals surface area contributed by atoms with Crippen LogP contribution in [0.3, 0.4) is 0 Å². The highest BCUT2D eigenvalue weighted by molar-refractivity contribution is 5.95. The van der Waals surface area contributed by atoms with Gasteiger partial charge in [-0.25, -0.2) is 0 Å². The lowest BCUT2D eigenvalue weighted by atomic mass is 10.1. The van der Waals surface area contributed by atoms with Gasteiger partial charge in [0.1, 0.15) is 0 Å². The average molecular weight is 362 g/mol. The van der Waals surface area contributed by atoms with Crippen molar-refractivity contribution in [1.29, 1.82) is 0 Å². The lowest BCUT2D eigenvalue weighted by Gasteiger charge is -2.35. The highest BCUT2D eigenvalue weighted by atomic mass is 16.5. The molecular weight excluding hydrogens is 340 g/mol. The minimum Gasteiger partial charge on any atom is -0.493 e. The van der Waals surface area contributed by atoms with E-state index in [-0.39, 0.29) is 11.8 Å². The molecule has 0 aromatic heterocycles. The maximum Gasteiger partial charge on any atom is 0.307 e. The Kier molecular flexibility index (Phi) is 5.01. The second kappa shape index (κ2) is 7.23. The first-order chi connectivity index (χ1) is 12.5. The second-order valence-corrected chi connectivity index (χ2v) is 6.47. The summed E-state index contributed by atoms with van der Waals surface area (Å²) in [7, 11) is 3.04. The van der Waals surface area contributed by atoms with Gasteiger partial charge in [0.05, 0.1) is 26.1 Å². The number of carbonyl (C=O) groups excluding carboxylic acids is 2. The average Bonchev–Trinajstić information content (AvgIpc) is 3.47. The van der Waals surface area contributed by atoms with E-state index in [1.807, 2.05) is 0 Å². The molecule has 0 radical (unpaired) electrons. The highest BCUT2D eigenvalue weighted by Crippen LogP contribution is 2.40. The van der Waals surface area contributed by atoms with E-state index in [2.05, 4.69) is 0 Å². The molecule has 1 aliphatic carbocycles. The second-order valence-electron chi connectivity index (χ2n) is 6.47. The van der Waals surface area contributed by atoms with Crippen LogP contribution in [0, 0.1) is 11.8 Å². The SMILES string of the molecule is COc1ccc(C(=O)N2CCN(C(=O)C3CC3C(=O)O)CC2)cc1OC. The molecule has 2 unspecified atom stereocenters. The zero-order valence-corrected chi connectivity index (χ0v) is 14.8. The number of hydrogen-bond donors (Lipinski definition) is 1. The lowest BCUT2D eigenvalue weighted by molar-refractivity contribution is -0.142. The van der Waals surface area contributed by atoms with Crippen molar-refractivity contribution in [2.75, 3.05) is 40.4 Å². The van der Waals surface area contributed by atoms with Gasteiger partial charge in [-0.05, 0) is 24.6 Å². The minimum absolute atomic E-state index is 0.115. The van der Waals surface area contributed by atoms with Crippen molar-refractivity contribution in [3.05, 3.63) is 23.8 Å². The number of aliphatic carboxylic acids is 1. The van der Waals surface area contributed by atoms with E-state index in [0.29, 0.717) is 49.7 Å². The summed E-state index contributed by atoms with van der Waals surface area (Å²) < 4.78 is 10.4. The van der Waals surface area contributed by atoms with Crippen LogP contribution in [0.5, 0.6) is 11.5 Å². The predicted molar refractivity (Wildman–Crippen MR) is 91.3 cm³/mol. The molecular formula is C18H22N2O6. The molecule has 8 heteroatoms. The Bertz CT molecular complexity index is 726. The van der Waals surface area contributed by atoms with Gasteiger partial charge in [0.2, 0.25) is 5.91 Å². The van der Waals surface area contributed by atoms with Crippen molar-refractivity contribution < 1.29 is 29.0 Å². The van der Waals surface area contributed by atoms with Gasteiger partial charge in [-0.1, -0.05) is 0 Å². The van der Waals surface area contributed by atoms with Crippen LogP contribution in [0.4, 0.5) is 0 Å². The standard InChI is InChI=1S/C18H22N2O6/c1-25-14-4-3-11(9-15(14)26-2)16(21)19-5-7-20(8-6-19)17(22)12-10-13(12)18(23)24/h3-4,9,12-13H,5-8,10H2,1-2H3,(H,23,24). The third-order valence-corrected chi connectivity index (χ3v) is 4.93. The summed E-state index contributed by atoms with van der Waals surface area (Å²) >= 11 is 0. The molecule has 1 aliphatic heterocycles. The third kappa shape index (κ3) is 3.44. The Morgan fingerprint density at radius 2 is 1.58 bits per heavy atom. The van der Waals surface area contributed by atoms with E-state index in [0.717, 1.165) is 0 Å². The summed E-state index contributed by atoms with van der Waals surface area (Å²) in [6.07, 6.45) is 0.416. The largest absolute Gasteiger partial charge is 0.493 e. The molecule has 0 spiro atoms. The van der Waals surface area contributed by atoms with E-state index in [1.54, 1.807) is 28.0 Å². The number of carboxylic acids is 1. The number of benzene rings is 1. The van der Waals surface area contributed by atoms with Gasteiger partial charge in [0.15, 0.2) is 11.5 Å². The summed E-state index contributed by atoms with van der Waals surface area (Å²) in [5.74, 6) is -1.07.